The normalized spacial score (nSPS) is 12.4. The summed E-state index contributed by atoms with van der Waals surface area (Å²) in [6.45, 7) is 10.6. The van der Waals surface area contributed by atoms with Crippen molar-refractivity contribution in [1.29, 1.82) is 0 Å². The van der Waals surface area contributed by atoms with E-state index in [2.05, 4.69) is 114 Å². The summed E-state index contributed by atoms with van der Waals surface area (Å²) >= 11 is 0. The van der Waals surface area contributed by atoms with Gasteiger partial charge in [-0.05, 0) is 52.8 Å². The molecule has 0 saturated heterocycles. The molecule has 0 aliphatic carbocycles. The van der Waals surface area contributed by atoms with Crippen LogP contribution in [0.4, 0.5) is 0 Å². The van der Waals surface area contributed by atoms with Crippen LogP contribution in [0.5, 0.6) is 0 Å². The summed E-state index contributed by atoms with van der Waals surface area (Å²) in [5.41, 5.74) is 8.13. The van der Waals surface area contributed by atoms with E-state index in [9.17, 15) is 0 Å². The van der Waals surface area contributed by atoms with Crippen molar-refractivity contribution in [1.82, 2.24) is 14.5 Å². The van der Waals surface area contributed by atoms with E-state index in [-0.39, 0.29) is 26.0 Å². The van der Waals surface area contributed by atoms with Gasteiger partial charge in [-0.1, -0.05) is 123 Å². The number of hydrogen-bond donors (Lipinski definition) is 0. The van der Waals surface area contributed by atoms with Gasteiger partial charge < -0.3 is 14.0 Å². The molecule has 0 bridgehead atoms. The fourth-order valence-corrected chi connectivity index (χ4v) is 8.28. The van der Waals surface area contributed by atoms with Gasteiger partial charge in [0.1, 0.15) is 5.58 Å². The van der Waals surface area contributed by atoms with Crippen molar-refractivity contribution < 1.29 is 27.3 Å². The van der Waals surface area contributed by atoms with Crippen LogP contribution in [0.25, 0.3) is 72.1 Å². The standard InChI is InChI=1S/C29H17N2O.C18H24NSi.Ir/c1-2-11-20-19(9-1)10-7-17-25(20)31-26-16-5-4-15-24(26)30-29(31)23-14-8-13-22-21-12-3-6-18-27(21)32-28(22)23;1-14(2)11-16-12-17(15-9-7-6-8-10-15)19-13-18(16)20(3,4)5;/h1-13,15-18H;6-9,12-14H,11H2,1-5H3;/q2*-1;/i;11D2;. The van der Waals surface area contributed by atoms with Gasteiger partial charge in [0.25, 0.3) is 0 Å². The zero-order chi connectivity index (χ0) is 37.6. The van der Waals surface area contributed by atoms with Gasteiger partial charge in [-0.2, -0.15) is 0 Å². The minimum atomic E-state index is -1.67. The Kier molecular flexibility index (Phi) is 9.58. The second-order valence-electron chi connectivity index (χ2n) is 14.4. The molecule has 53 heavy (non-hydrogen) atoms. The Morgan fingerprint density at radius 3 is 2.30 bits per heavy atom. The zero-order valence-corrected chi connectivity index (χ0v) is 33.8. The third-order valence-electron chi connectivity index (χ3n) is 9.27. The smallest absolute Gasteiger partial charge is 0.120 e. The second-order valence-corrected chi connectivity index (χ2v) is 19.4. The largest absolute Gasteiger partial charge is 0.501 e. The Hall–Kier alpha value is -5.13. The fraction of sp³-hybridized carbons (Fsp3) is 0.149. The number of para-hydroxylation sites is 3. The summed E-state index contributed by atoms with van der Waals surface area (Å²) in [5.74, 6) is 0.741. The number of pyridine rings is 1. The van der Waals surface area contributed by atoms with Crippen LogP contribution in [-0.4, -0.2) is 22.6 Å². The van der Waals surface area contributed by atoms with Crippen molar-refractivity contribution in [2.75, 3.05) is 0 Å². The van der Waals surface area contributed by atoms with Gasteiger partial charge >= 0.3 is 0 Å². The van der Waals surface area contributed by atoms with Crippen molar-refractivity contribution in [2.24, 2.45) is 5.92 Å². The number of rotatable bonds is 6. The summed E-state index contributed by atoms with van der Waals surface area (Å²) in [6.07, 6.45) is 0.528. The van der Waals surface area contributed by atoms with Crippen LogP contribution in [0, 0.1) is 18.1 Å². The molecule has 265 valence electrons. The van der Waals surface area contributed by atoms with E-state index >= 15 is 0 Å². The maximum absolute atomic E-state index is 8.55. The molecule has 4 nitrogen and oxygen atoms in total. The average molecular weight is 886 g/mol. The summed E-state index contributed by atoms with van der Waals surface area (Å²) in [6, 6.07) is 51.5. The molecule has 6 heteroatoms. The molecule has 0 unspecified atom stereocenters. The molecule has 0 spiro atoms. The zero-order valence-electron chi connectivity index (χ0n) is 32.4. The predicted molar refractivity (Wildman–Crippen MR) is 220 cm³/mol. The van der Waals surface area contributed by atoms with E-state index in [1.807, 2.05) is 80.7 Å². The molecule has 3 heterocycles. The van der Waals surface area contributed by atoms with Crippen LogP contribution in [0.2, 0.25) is 19.6 Å². The molecular weight excluding hydrogens is 843 g/mol. The maximum atomic E-state index is 8.55. The summed E-state index contributed by atoms with van der Waals surface area (Å²) in [7, 11) is -1.67. The van der Waals surface area contributed by atoms with Crippen molar-refractivity contribution in [3.05, 3.63) is 157 Å². The molecule has 9 rings (SSSR count). The molecule has 1 radical (unpaired) electrons. The number of hydrogen-bond acceptors (Lipinski definition) is 3. The molecule has 3 aromatic heterocycles. The molecule has 0 N–H and O–H groups in total. The van der Waals surface area contributed by atoms with Crippen molar-refractivity contribution in [2.45, 2.75) is 39.9 Å². The van der Waals surface area contributed by atoms with E-state index in [1.54, 1.807) is 0 Å². The van der Waals surface area contributed by atoms with Crippen LogP contribution in [0.1, 0.15) is 22.2 Å². The molecule has 0 aliphatic heterocycles. The summed E-state index contributed by atoms with van der Waals surface area (Å²) in [4.78, 5) is 9.64. The van der Waals surface area contributed by atoms with Gasteiger partial charge in [0.15, 0.2) is 0 Å². The van der Waals surface area contributed by atoms with Crippen molar-refractivity contribution >= 4 is 57.0 Å². The number of fused-ring (bicyclic) bond motifs is 5. The number of furan rings is 1. The SMILES string of the molecule is [2H]C([2H])(c1cc(-c2[c-]cccc2)ncc1[Si](C)(C)C)C(C)C.[Ir].[c-]1ccc2c(oc3ccccc32)c1-c1nc2ccccc2n1-c1cccc2ccccc12. The fourth-order valence-electron chi connectivity index (χ4n) is 6.88. The Balaban J connectivity index is 0.000000179. The van der Waals surface area contributed by atoms with E-state index in [0.29, 0.717) is 0 Å². The minimum absolute atomic E-state index is 0. The molecular formula is C47H41IrN3OSi-2. The van der Waals surface area contributed by atoms with Gasteiger partial charge in [-0.25, -0.2) is 0 Å². The molecule has 0 fully saturated rings. The van der Waals surface area contributed by atoms with Crippen LogP contribution in [-0.2, 0) is 26.5 Å². The minimum Gasteiger partial charge on any atom is -0.501 e. The second kappa shape index (κ2) is 15.1. The Morgan fingerprint density at radius 1 is 0.774 bits per heavy atom. The van der Waals surface area contributed by atoms with Crippen LogP contribution >= 0.6 is 0 Å². The molecule has 0 atom stereocenters. The first-order chi connectivity index (χ1) is 26.0. The number of benzene rings is 6. The molecule has 0 aliphatic rings. The summed E-state index contributed by atoms with van der Waals surface area (Å²) in [5, 5.41) is 5.65. The van der Waals surface area contributed by atoms with Gasteiger partial charge in [-0.15, -0.1) is 54.1 Å². The Bertz CT molecular complexity index is 2780. The Labute approximate surface area is 328 Å². The van der Waals surface area contributed by atoms with Crippen molar-refractivity contribution in [3.8, 4) is 28.3 Å². The average Bonchev–Trinajstić information content (AvgIpc) is 3.76. The topological polar surface area (TPSA) is 43.9 Å². The first kappa shape index (κ1) is 33.7. The molecule has 6 aromatic carbocycles. The predicted octanol–water partition coefficient (Wildman–Crippen LogP) is 11.8. The van der Waals surface area contributed by atoms with E-state index < -0.39 is 14.4 Å². The molecule has 9 aromatic rings. The molecule has 0 saturated carbocycles. The van der Waals surface area contributed by atoms with Gasteiger partial charge in [0, 0.05) is 45.5 Å². The number of nitrogens with zero attached hydrogens (tertiary/aromatic N) is 3. The van der Waals surface area contributed by atoms with Crippen LogP contribution in [0.15, 0.2) is 144 Å². The monoisotopic (exact) mass is 886 g/mol. The van der Waals surface area contributed by atoms with Crippen LogP contribution in [0.3, 0.4) is 0 Å². The third kappa shape index (κ3) is 7.15. The van der Waals surface area contributed by atoms with E-state index in [1.165, 1.54) is 10.8 Å². The number of aromatic nitrogens is 3. The van der Waals surface area contributed by atoms with E-state index in [0.717, 1.165) is 72.1 Å². The van der Waals surface area contributed by atoms with E-state index in [4.69, 9.17) is 12.1 Å². The number of imidazole rings is 1. The third-order valence-corrected chi connectivity index (χ3v) is 11.3. The van der Waals surface area contributed by atoms with Gasteiger partial charge in [0.05, 0.1) is 30.5 Å². The van der Waals surface area contributed by atoms with Gasteiger partial charge in [0.2, 0.25) is 0 Å². The first-order valence-corrected chi connectivity index (χ1v) is 21.3. The summed E-state index contributed by atoms with van der Waals surface area (Å²) < 4.78 is 25.7. The van der Waals surface area contributed by atoms with Crippen LogP contribution < -0.4 is 5.19 Å². The first-order valence-electron chi connectivity index (χ1n) is 18.8. The van der Waals surface area contributed by atoms with Crippen molar-refractivity contribution in [3.63, 3.8) is 0 Å². The maximum Gasteiger partial charge on any atom is 0.120 e. The van der Waals surface area contributed by atoms with Gasteiger partial charge in [-0.3, -0.25) is 4.98 Å². The molecule has 0 amide bonds. The Morgan fingerprint density at radius 2 is 1.51 bits per heavy atom. The quantitative estimate of drug-likeness (QED) is 0.123.